The molecule has 1 fully saturated rings. The largest absolute Gasteiger partial charge is 0.493 e. The number of benzene rings is 2. The lowest BCUT2D eigenvalue weighted by Gasteiger charge is -2.27. The van der Waals surface area contributed by atoms with E-state index in [1.165, 1.54) is 19.3 Å². The molecule has 0 radical (unpaired) electrons. The van der Waals surface area contributed by atoms with Gasteiger partial charge in [0, 0.05) is 13.1 Å². The summed E-state index contributed by atoms with van der Waals surface area (Å²) >= 11 is 0. The molecule has 5 nitrogen and oxygen atoms in total. The molecule has 1 heterocycles. The smallest absolute Gasteiger partial charge is 0.191 e. The zero-order valence-corrected chi connectivity index (χ0v) is 18.1. The first kappa shape index (κ1) is 21.3. The second kappa shape index (κ2) is 11.0. The second-order valence-corrected chi connectivity index (χ2v) is 6.48. The van der Waals surface area contributed by atoms with E-state index in [2.05, 4.69) is 9.89 Å². The molecule has 1 saturated heterocycles. The molecule has 0 atom stereocenters. The van der Waals surface area contributed by atoms with Gasteiger partial charge in [-0.1, -0.05) is 36.4 Å². The van der Waals surface area contributed by atoms with E-state index in [9.17, 15) is 0 Å². The number of methoxy groups -OCH3 is 1. The Labute approximate surface area is 178 Å². The van der Waals surface area contributed by atoms with E-state index in [4.69, 9.17) is 15.2 Å². The standard InChI is InChI=1S/C21H27N3O2.HI/c1-25-20-14-18(15-23-21(22)24-12-6-3-7-13-24)10-11-19(20)26-16-17-8-4-2-5-9-17;/h2,4-5,8-11,14H,3,6-7,12-13,15-16H2,1H3,(H2,22,23);1H. The first-order valence-corrected chi connectivity index (χ1v) is 9.15. The summed E-state index contributed by atoms with van der Waals surface area (Å²) in [6.07, 6.45) is 3.67. The number of hydrogen-bond donors (Lipinski definition) is 1. The first-order valence-electron chi connectivity index (χ1n) is 9.15. The zero-order chi connectivity index (χ0) is 18.2. The summed E-state index contributed by atoms with van der Waals surface area (Å²) in [5.74, 6) is 2.08. The quantitative estimate of drug-likeness (QED) is 0.382. The minimum atomic E-state index is 0. The molecule has 3 rings (SSSR count). The number of aliphatic imine (C=N–C) groups is 1. The van der Waals surface area contributed by atoms with Crippen LogP contribution in [-0.4, -0.2) is 31.1 Å². The van der Waals surface area contributed by atoms with Crippen molar-refractivity contribution in [1.29, 1.82) is 0 Å². The van der Waals surface area contributed by atoms with Gasteiger partial charge in [-0.25, -0.2) is 4.99 Å². The minimum Gasteiger partial charge on any atom is -0.493 e. The Morgan fingerprint density at radius 2 is 1.74 bits per heavy atom. The maximum absolute atomic E-state index is 6.13. The van der Waals surface area contributed by atoms with Gasteiger partial charge < -0.3 is 20.1 Å². The normalized spacial score (nSPS) is 14.4. The van der Waals surface area contributed by atoms with Gasteiger partial charge in [0.25, 0.3) is 0 Å². The van der Waals surface area contributed by atoms with Gasteiger partial charge in [0.1, 0.15) is 6.61 Å². The van der Waals surface area contributed by atoms with Crippen LogP contribution < -0.4 is 15.2 Å². The van der Waals surface area contributed by atoms with Crippen LogP contribution in [0.25, 0.3) is 0 Å². The van der Waals surface area contributed by atoms with Crippen LogP contribution in [0.3, 0.4) is 0 Å². The predicted octanol–water partition coefficient (Wildman–Crippen LogP) is 4.19. The molecule has 0 aromatic heterocycles. The number of likely N-dealkylation sites (tertiary alicyclic amines) is 1. The van der Waals surface area contributed by atoms with Gasteiger partial charge in [-0.15, -0.1) is 24.0 Å². The Morgan fingerprint density at radius 1 is 1.00 bits per heavy atom. The molecule has 0 amide bonds. The van der Waals surface area contributed by atoms with Crippen molar-refractivity contribution in [3.63, 3.8) is 0 Å². The average molecular weight is 481 g/mol. The monoisotopic (exact) mass is 481 g/mol. The number of guanidine groups is 1. The Hall–Kier alpha value is -1.96. The highest BCUT2D eigenvalue weighted by atomic mass is 127. The molecule has 0 spiro atoms. The molecule has 0 aliphatic carbocycles. The fourth-order valence-electron chi connectivity index (χ4n) is 3.06. The SMILES string of the molecule is COc1cc(CN=C(N)N2CCCCC2)ccc1OCc1ccccc1.I. The molecule has 2 aromatic carbocycles. The molecular weight excluding hydrogens is 453 g/mol. The van der Waals surface area contributed by atoms with Crippen LogP contribution in [0.2, 0.25) is 0 Å². The van der Waals surface area contributed by atoms with E-state index in [-0.39, 0.29) is 24.0 Å². The molecule has 2 aromatic rings. The highest BCUT2D eigenvalue weighted by molar-refractivity contribution is 14.0. The van der Waals surface area contributed by atoms with E-state index in [0.717, 1.165) is 30.0 Å². The van der Waals surface area contributed by atoms with Gasteiger partial charge in [0.15, 0.2) is 17.5 Å². The first-order chi connectivity index (χ1) is 12.8. The number of nitrogens with two attached hydrogens (primary N) is 1. The predicted molar refractivity (Wildman–Crippen MR) is 120 cm³/mol. The molecule has 0 bridgehead atoms. The summed E-state index contributed by atoms with van der Waals surface area (Å²) in [6.45, 7) is 3.06. The number of ether oxygens (including phenoxy) is 2. The minimum absolute atomic E-state index is 0. The molecule has 6 heteroatoms. The molecule has 0 saturated carbocycles. The van der Waals surface area contributed by atoms with Gasteiger partial charge >= 0.3 is 0 Å². The van der Waals surface area contributed by atoms with Crippen LogP contribution in [-0.2, 0) is 13.2 Å². The van der Waals surface area contributed by atoms with Crippen molar-refractivity contribution < 1.29 is 9.47 Å². The molecular formula is C21H28IN3O2. The summed E-state index contributed by atoms with van der Waals surface area (Å²) in [4.78, 5) is 6.71. The number of nitrogens with zero attached hydrogens (tertiary/aromatic N) is 2. The Bertz CT molecular complexity index is 731. The average Bonchev–Trinajstić information content (AvgIpc) is 2.72. The van der Waals surface area contributed by atoms with Crippen molar-refractivity contribution in [3.8, 4) is 11.5 Å². The lowest BCUT2D eigenvalue weighted by atomic mass is 10.1. The number of piperidine rings is 1. The zero-order valence-electron chi connectivity index (χ0n) is 15.8. The highest BCUT2D eigenvalue weighted by Gasteiger charge is 2.12. The van der Waals surface area contributed by atoms with E-state index in [1.54, 1.807) is 7.11 Å². The van der Waals surface area contributed by atoms with E-state index in [1.807, 2.05) is 48.5 Å². The fraction of sp³-hybridized carbons (Fsp3) is 0.381. The summed E-state index contributed by atoms with van der Waals surface area (Å²) in [7, 11) is 1.65. The second-order valence-electron chi connectivity index (χ2n) is 6.48. The van der Waals surface area contributed by atoms with E-state index >= 15 is 0 Å². The molecule has 1 aliphatic rings. The van der Waals surface area contributed by atoms with Crippen LogP contribution in [0.4, 0.5) is 0 Å². The topological polar surface area (TPSA) is 60.1 Å². The van der Waals surface area contributed by atoms with E-state index in [0.29, 0.717) is 24.9 Å². The van der Waals surface area contributed by atoms with Gasteiger partial charge in [-0.3, -0.25) is 0 Å². The lowest BCUT2D eigenvalue weighted by Crippen LogP contribution is -2.40. The van der Waals surface area contributed by atoms with Gasteiger partial charge in [0.2, 0.25) is 0 Å². The molecule has 27 heavy (non-hydrogen) atoms. The molecule has 1 aliphatic heterocycles. The van der Waals surface area contributed by atoms with Gasteiger partial charge in [-0.2, -0.15) is 0 Å². The van der Waals surface area contributed by atoms with Crippen molar-refractivity contribution in [3.05, 3.63) is 59.7 Å². The van der Waals surface area contributed by atoms with Crippen molar-refractivity contribution in [2.75, 3.05) is 20.2 Å². The van der Waals surface area contributed by atoms with Crippen LogP contribution >= 0.6 is 24.0 Å². The third-order valence-corrected chi connectivity index (χ3v) is 4.57. The summed E-state index contributed by atoms with van der Waals surface area (Å²) in [5, 5.41) is 0. The van der Waals surface area contributed by atoms with E-state index < -0.39 is 0 Å². The summed E-state index contributed by atoms with van der Waals surface area (Å²) in [5.41, 5.74) is 8.30. The maximum Gasteiger partial charge on any atom is 0.191 e. The Kier molecular flexibility index (Phi) is 8.71. The van der Waals surface area contributed by atoms with Crippen molar-refractivity contribution in [1.82, 2.24) is 4.90 Å². The summed E-state index contributed by atoms with van der Waals surface area (Å²) < 4.78 is 11.4. The van der Waals surface area contributed by atoms with Crippen LogP contribution in [0.1, 0.15) is 30.4 Å². The third-order valence-electron chi connectivity index (χ3n) is 4.57. The summed E-state index contributed by atoms with van der Waals surface area (Å²) in [6, 6.07) is 16.0. The van der Waals surface area contributed by atoms with Crippen LogP contribution in [0.5, 0.6) is 11.5 Å². The molecule has 146 valence electrons. The van der Waals surface area contributed by atoms with Crippen molar-refractivity contribution >= 4 is 29.9 Å². The lowest BCUT2D eigenvalue weighted by molar-refractivity contribution is 0.284. The molecule has 2 N–H and O–H groups in total. The van der Waals surface area contributed by atoms with Crippen LogP contribution in [0, 0.1) is 0 Å². The highest BCUT2D eigenvalue weighted by Crippen LogP contribution is 2.29. The number of rotatable bonds is 6. The third kappa shape index (κ3) is 6.30. The number of halogens is 1. The maximum atomic E-state index is 6.13. The molecule has 0 unspecified atom stereocenters. The van der Waals surface area contributed by atoms with Crippen molar-refractivity contribution in [2.24, 2.45) is 10.7 Å². The van der Waals surface area contributed by atoms with Gasteiger partial charge in [-0.05, 0) is 42.5 Å². The van der Waals surface area contributed by atoms with Crippen LogP contribution in [0.15, 0.2) is 53.5 Å². The van der Waals surface area contributed by atoms with Crippen molar-refractivity contribution in [2.45, 2.75) is 32.4 Å². The number of hydrogen-bond acceptors (Lipinski definition) is 3. The Morgan fingerprint density at radius 3 is 2.44 bits per heavy atom. The Balaban J connectivity index is 0.00000261. The fourth-order valence-corrected chi connectivity index (χ4v) is 3.06. The van der Waals surface area contributed by atoms with Gasteiger partial charge in [0.05, 0.1) is 13.7 Å².